The number of hydrogen-bond acceptors (Lipinski definition) is 1. The Kier molecular flexibility index (Phi) is 3.47. The van der Waals surface area contributed by atoms with Crippen LogP contribution < -0.4 is 5.32 Å². The van der Waals surface area contributed by atoms with E-state index in [4.69, 9.17) is 0 Å². The van der Waals surface area contributed by atoms with Gasteiger partial charge in [0.2, 0.25) is 0 Å². The van der Waals surface area contributed by atoms with Crippen LogP contribution in [0.5, 0.6) is 0 Å². The van der Waals surface area contributed by atoms with Gasteiger partial charge < -0.3 is 10.3 Å². The topological polar surface area (TPSA) is 27.8 Å². The molecule has 0 amide bonds. The fourth-order valence-corrected chi connectivity index (χ4v) is 2.84. The highest BCUT2D eigenvalue weighted by atomic mass is 14.9. The van der Waals surface area contributed by atoms with Gasteiger partial charge in [-0.25, -0.2) is 0 Å². The molecule has 2 unspecified atom stereocenters. The summed E-state index contributed by atoms with van der Waals surface area (Å²) < 4.78 is 0. The van der Waals surface area contributed by atoms with Gasteiger partial charge in [-0.3, -0.25) is 0 Å². The quantitative estimate of drug-likeness (QED) is 0.782. The van der Waals surface area contributed by atoms with Crippen molar-refractivity contribution in [2.75, 3.05) is 0 Å². The van der Waals surface area contributed by atoms with Crippen LogP contribution in [0.4, 0.5) is 0 Å². The van der Waals surface area contributed by atoms with Crippen LogP contribution >= 0.6 is 0 Å². The fourth-order valence-electron chi connectivity index (χ4n) is 2.84. The lowest BCUT2D eigenvalue weighted by Crippen LogP contribution is -2.35. The highest BCUT2D eigenvalue weighted by Crippen LogP contribution is 2.28. The van der Waals surface area contributed by atoms with Gasteiger partial charge >= 0.3 is 0 Å². The minimum atomic E-state index is 0.721. The molecule has 2 N–H and O–H groups in total. The van der Waals surface area contributed by atoms with E-state index in [1.807, 2.05) is 6.20 Å². The van der Waals surface area contributed by atoms with Gasteiger partial charge in [0.05, 0.1) is 0 Å². The second-order valence-corrected chi connectivity index (χ2v) is 5.21. The maximum absolute atomic E-state index is 3.66. The second-order valence-electron chi connectivity index (χ2n) is 5.21. The summed E-state index contributed by atoms with van der Waals surface area (Å²) in [5.74, 6) is 1.77. The van der Waals surface area contributed by atoms with E-state index in [2.05, 4.69) is 36.4 Å². The van der Waals surface area contributed by atoms with Gasteiger partial charge in [-0.15, -0.1) is 0 Å². The Hall–Kier alpha value is -0.760. The van der Waals surface area contributed by atoms with Gasteiger partial charge in [0.1, 0.15) is 0 Å². The zero-order valence-corrected chi connectivity index (χ0v) is 9.79. The largest absolute Gasteiger partial charge is 0.367 e. The van der Waals surface area contributed by atoms with Gasteiger partial charge in [-0.05, 0) is 42.7 Å². The molecule has 0 aromatic carbocycles. The standard InChI is InChI=1S/C13H22N2/c1-10-5-11(2)7-13(6-10)15-9-12-3-4-14-8-12/h3-4,8,10-11,13-15H,5-7,9H2,1-2H3. The van der Waals surface area contributed by atoms with Crippen molar-refractivity contribution in [2.24, 2.45) is 11.8 Å². The Labute approximate surface area is 92.5 Å². The lowest BCUT2D eigenvalue weighted by atomic mass is 9.80. The molecule has 1 saturated carbocycles. The van der Waals surface area contributed by atoms with E-state index in [1.165, 1.54) is 24.8 Å². The maximum Gasteiger partial charge on any atom is 0.0223 e. The third kappa shape index (κ3) is 3.10. The Balaban J connectivity index is 1.79. The monoisotopic (exact) mass is 206 g/mol. The van der Waals surface area contributed by atoms with Crippen LogP contribution in [0.25, 0.3) is 0 Å². The van der Waals surface area contributed by atoms with E-state index < -0.39 is 0 Å². The summed E-state index contributed by atoms with van der Waals surface area (Å²) in [5.41, 5.74) is 1.36. The van der Waals surface area contributed by atoms with E-state index in [0.29, 0.717) is 0 Å². The van der Waals surface area contributed by atoms with Crippen LogP contribution in [0, 0.1) is 11.8 Å². The van der Waals surface area contributed by atoms with Crippen molar-refractivity contribution in [1.82, 2.24) is 10.3 Å². The van der Waals surface area contributed by atoms with Crippen molar-refractivity contribution in [2.45, 2.75) is 45.7 Å². The molecule has 84 valence electrons. The van der Waals surface area contributed by atoms with Crippen molar-refractivity contribution in [3.05, 3.63) is 24.0 Å². The maximum atomic E-state index is 3.66. The predicted molar refractivity (Wildman–Crippen MR) is 63.6 cm³/mol. The normalized spacial score (nSPS) is 31.7. The Bertz CT molecular complexity index is 269. The molecule has 0 aliphatic heterocycles. The third-order valence-corrected chi connectivity index (χ3v) is 3.44. The molecule has 1 aliphatic rings. The van der Waals surface area contributed by atoms with Gasteiger partial charge in [0.25, 0.3) is 0 Å². The molecular weight excluding hydrogens is 184 g/mol. The zero-order valence-electron chi connectivity index (χ0n) is 9.79. The molecule has 2 rings (SSSR count). The number of rotatable bonds is 3. The lowest BCUT2D eigenvalue weighted by molar-refractivity contribution is 0.238. The second kappa shape index (κ2) is 4.84. The number of H-pyrrole nitrogens is 1. The Morgan fingerprint density at radius 2 is 2.00 bits per heavy atom. The SMILES string of the molecule is CC1CC(C)CC(NCc2cc[nH]c2)C1. The highest BCUT2D eigenvalue weighted by Gasteiger charge is 2.23. The number of aromatic nitrogens is 1. The molecule has 2 heteroatoms. The van der Waals surface area contributed by atoms with Crippen LogP contribution in [0.1, 0.15) is 38.7 Å². The fraction of sp³-hybridized carbons (Fsp3) is 0.692. The van der Waals surface area contributed by atoms with Gasteiger partial charge in [0, 0.05) is 25.0 Å². The minimum absolute atomic E-state index is 0.721. The first kappa shape index (κ1) is 10.7. The van der Waals surface area contributed by atoms with Crippen LogP contribution in [0.15, 0.2) is 18.5 Å². The van der Waals surface area contributed by atoms with Crippen LogP contribution in [0.3, 0.4) is 0 Å². The highest BCUT2D eigenvalue weighted by molar-refractivity contribution is 5.07. The van der Waals surface area contributed by atoms with Gasteiger partial charge in [-0.1, -0.05) is 13.8 Å². The molecular formula is C13H22N2. The molecule has 0 bridgehead atoms. The van der Waals surface area contributed by atoms with Crippen molar-refractivity contribution in [3.8, 4) is 0 Å². The molecule has 1 fully saturated rings. The van der Waals surface area contributed by atoms with Crippen LogP contribution in [-0.2, 0) is 6.54 Å². The summed E-state index contributed by atoms with van der Waals surface area (Å²) in [5, 5.41) is 3.66. The third-order valence-electron chi connectivity index (χ3n) is 3.44. The van der Waals surface area contributed by atoms with Crippen molar-refractivity contribution in [3.63, 3.8) is 0 Å². The minimum Gasteiger partial charge on any atom is -0.367 e. The van der Waals surface area contributed by atoms with Crippen molar-refractivity contribution >= 4 is 0 Å². The van der Waals surface area contributed by atoms with Crippen LogP contribution in [-0.4, -0.2) is 11.0 Å². The predicted octanol–water partition coefficient (Wildman–Crippen LogP) is 2.93. The summed E-state index contributed by atoms with van der Waals surface area (Å²) in [7, 11) is 0. The summed E-state index contributed by atoms with van der Waals surface area (Å²) in [4.78, 5) is 3.10. The number of aromatic amines is 1. The van der Waals surface area contributed by atoms with E-state index in [-0.39, 0.29) is 0 Å². The van der Waals surface area contributed by atoms with Gasteiger partial charge in [-0.2, -0.15) is 0 Å². The summed E-state index contributed by atoms with van der Waals surface area (Å²) >= 11 is 0. The number of nitrogens with one attached hydrogen (secondary N) is 2. The first-order chi connectivity index (χ1) is 7.24. The molecule has 15 heavy (non-hydrogen) atoms. The average molecular weight is 206 g/mol. The van der Waals surface area contributed by atoms with Crippen molar-refractivity contribution < 1.29 is 0 Å². The van der Waals surface area contributed by atoms with E-state index >= 15 is 0 Å². The molecule has 2 atom stereocenters. The Morgan fingerprint density at radius 3 is 2.60 bits per heavy atom. The van der Waals surface area contributed by atoms with E-state index in [1.54, 1.807) is 0 Å². The first-order valence-electron chi connectivity index (χ1n) is 6.09. The first-order valence-corrected chi connectivity index (χ1v) is 6.09. The zero-order chi connectivity index (χ0) is 10.7. The molecule has 0 radical (unpaired) electrons. The summed E-state index contributed by atoms with van der Waals surface area (Å²) in [6.07, 6.45) is 8.15. The molecule has 1 heterocycles. The average Bonchev–Trinajstić information content (AvgIpc) is 2.65. The molecule has 1 aromatic heterocycles. The van der Waals surface area contributed by atoms with Gasteiger partial charge in [0.15, 0.2) is 0 Å². The van der Waals surface area contributed by atoms with E-state index in [9.17, 15) is 0 Å². The molecule has 0 saturated heterocycles. The molecule has 1 aromatic rings. The number of hydrogen-bond donors (Lipinski definition) is 2. The van der Waals surface area contributed by atoms with E-state index in [0.717, 1.165) is 24.4 Å². The molecule has 1 aliphatic carbocycles. The Morgan fingerprint density at radius 1 is 1.27 bits per heavy atom. The van der Waals surface area contributed by atoms with Crippen molar-refractivity contribution in [1.29, 1.82) is 0 Å². The van der Waals surface area contributed by atoms with Crippen LogP contribution in [0.2, 0.25) is 0 Å². The lowest BCUT2D eigenvalue weighted by Gasteiger charge is -2.32. The summed E-state index contributed by atoms with van der Waals surface area (Å²) in [6.45, 7) is 5.76. The molecule has 0 spiro atoms. The molecule has 2 nitrogen and oxygen atoms in total. The smallest absolute Gasteiger partial charge is 0.0223 e. The summed E-state index contributed by atoms with van der Waals surface area (Å²) in [6, 6.07) is 2.86.